The summed E-state index contributed by atoms with van der Waals surface area (Å²) >= 11 is 3.93. The summed E-state index contributed by atoms with van der Waals surface area (Å²) in [4.78, 5) is 4.26. The molecule has 112 valence electrons. The molecule has 1 fully saturated rings. The van der Waals surface area contributed by atoms with Crippen molar-refractivity contribution >= 4 is 23.5 Å². The highest BCUT2D eigenvalue weighted by Crippen LogP contribution is 2.20. The molecular weight excluding hydrogens is 309 g/mol. The van der Waals surface area contributed by atoms with Crippen LogP contribution in [-0.2, 0) is 6.54 Å². The lowest BCUT2D eigenvalue weighted by molar-refractivity contribution is 0.363. The number of nitrogens with zero attached hydrogens (tertiary/aromatic N) is 2. The minimum atomic E-state index is -0.339. The van der Waals surface area contributed by atoms with Crippen LogP contribution in [0.2, 0.25) is 0 Å². The lowest BCUT2D eigenvalue weighted by Crippen LogP contribution is -2.32. The van der Waals surface area contributed by atoms with E-state index in [4.69, 9.17) is 4.52 Å². The predicted molar refractivity (Wildman–Crippen MR) is 85.0 cm³/mol. The van der Waals surface area contributed by atoms with Gasteiger partial charge in [-0.2, -0.15) is 28.5 Å². The monoisotopic (exact) mass is 325 g/mol. The van der Waals surface area contributed by atoms with Gasteiger partial charge in [0.15, 0.2) is 0 Å². The van der Waals surface area contributed by atoms with Gasteiger partial charge in [0.05, 0.1) is 12.1 Å². The van der Waals surface area contributed by atoms with Crippen molar-refractivity contribution in [1.29, 1.82) is 0 Å². The van der Waals surface area contributed by atoms with Crippen LogP contribution in [0.1, 0.15) is 5.89 Å². The van der Waals surface area contributed by atoms with E-state index in [2.05, 4.69) is 15.5 Å². The molecule has 2 heterocycles. The van der Waals surface area contributed by atoms with Crippen LogP contribution in [0, 0.1) is 5.82 Å². The van der Waals surface area contributed by atoms with Gasteiger partial charge in [0.1, 0.15) is 5.82 Å². The highest BCUT2D eigenvalue weighted by Gasteiger charge is 2.15. The molecule has 7 heteroatoms. The molecule has 4 nitrogen and oxygen atoms in total. The first-order valence-corrected chi connectivity index (χ1v) is 9.10. The van der Waals surface area contributed by atoms with E-state index in [1.807, 2.05) is 23.5 Å². The number of nitrogens with one attached hydrogen (secondary N) is 1. The fourth-order valence-corrected chi connectivity index (χ4v) is 4.51. The summed E-state index contributed by atoms with van der Waals surface area (Å²) in [5.41, 5.74) is 0.369. The van der Waals surface area contributed by atoms with Gasteiger partial charge in [0.25, 0.3) is 0 Å². The zero-order valence-electron chi connectivity index (χ0n) is 11.4. The van der Waals surface area contributed by atoms with Crippen molar-refractivity contribution in [1.82, 2.24) is 15.5 Å². The molecule has 0 spiro atoms. The average Bonchev–Trinajstić information content (AvgIpc) is 2.81. The van der Waals surface area contributed by atoms with Gasteiger partial charge in [0, 0.05) is 29.1 Å². The largest absolute Gasteiger partial charge is 0.338 e. The van der Waals surface area contributed by atoms with Crippen molar-refractivity contribution < 1.29 is 8.91 Å². The Morgan fingerprint density at radius 1 is 1.24 bits per heavy atom. The van der Waals surface area contributed by atoms with Crippen molar-refractivity contribution in [3.05, 3.63) is 36.0 Å². The second kappa shape index (κ2) is 7.29. The molecule has 0 saturated carbocycles. The van der Waals surface area contributed by atoms with Crippen LogP contribution in [-0.4, -0.2) is 39.2 Å². The van der Waals surface area contributed by atoms with E-state index in [0.29, 0.717) is 29.9 Å². The van der Waals surface area contributed by atoms with Crippen molar-refractivity contribution in [3.63, 3.8) is 0 Å². The van der Waals surface area contributed by atoms with Crippen molar-refractivity contribution in [3.8, 4) is 11.4 Å². The first-order chi connectivity index (χ1) is 10.3. The molecule has 1 aliphatic heterocycles. The molecule has 0 bridgehead atoms. The van der Waals surface area contributed by atoms with E-state index in [1.165, 1.54) is 17.6 Å². The smallest absolute Gasteiger partial charge is 0.240 e. The van der Waals surface area contributed by atoms with Crippen molar-refractivity contribution in [2.45, 2.75) is 12.6 Å². The fraction of sp³-hybridized carbons (Fsp3) is 0.429. The lowest BCUT2D eigenvalue weighted by Gasteiger charge is -2.13. The molecule has 0 radical (unpaired) electrons. The Labute approximate surface area is 131 Å². The van der Waals surface area contributed by atoms with E-state index in [-0.39, 0.29) is 5.82 Å². The van der Waals surface area contributed by atoms with Crippen molar-refractivity contribution in [2.24, 2.45) is 0 Å². The zero-order chi connectivity index (χ0) is 14.5. The summed E-state index contributed by atoms with van der Waals surface area (Å²) in [5, 5.41) is 7.28. The molecule has 0 aliphatic carbocycles. The van der Waals surface area contributed by atoms with E-state index in [9.17, 15) is 4.39 Å². The second-order valence-corrected chi connectivity index (χ2v) is 7.02. The molecular formula is C14H16FN3OS2. The molecule has 1 aromatic heterocycles. The summed E-state index contributed by atoms with van der Waals surface area (Å²) in [6, 6.07) is 6.89. The minimum Gasteiger partial charge on any atom is -0.338 e. The van der Waals surface area contributed by atoms with Gasteiger partial charge in [0.2, 0.25) is 11.7 Å². The first-order valence-electron chi connectivity index (χ1n) is 6.79. The minimum absolute atomic E-state index is 0.300. The number of hydrogen-bond acceptors (Lipinski definition) is 6. The van der Waals surface area contributed by atoms with Crippen LogP contribution in [0.15, 0.2) is 28.8 Å². The van der Waals surface area contributed by atoms with Crippen molar-refractivity contribution in [2.75, 3.05) is 23.0 Å². The molecule has 1 N–H and O–H groups in total. The predicted octanol–water partition coefficient (Wildman–Crippen LogP) is 2.81. The van der Waals surface area contributed by atoms with Crippen LogP contribution >= 0.6 is 23.5 Å². The molecule has 1 aliphatic rings. The number of hydrogen-bond donors (Lipinski definition) is 1. The first kappa shape index (κ1) is 14.9. The molecule has 21 heavy (non-hydrogen) atoms. The summed E-state index contributed by atoms with van der Waals surface area (Å²) in [6.07, 6.45) is 0. The van der Waals surface area contributed by atoms with E-state index >= 15 is 0 Å². The number of halogens is 1. The molecule has 3 rings (SSSR count). The van der Waals surface area contributed by atoms with Gasteiger partial charge < -0.3 is 9.84 Å². The zero-order valence-corrected chi connectivity index (χ0v) is 13.1. The summed E-state index contributed by atoms with van der Waals surface area (Å²) in [5.74, 6) is 5.07. The quantitative estimate of drug-likeness (QED) is 0.933. The number of thioether (sulfide) groups is 2. The van der Waals surface area contributed by atoms with E-state index in [0.717, 1.165) is 11.5 Å². The SMILES string of the molecule is Fc1ccccc1-c1noc(CNC2CSCCSC2)n1. The average molecular weight is 325 g/mol. The third-order valence-electron chi connectivity index (χ3n) is 3.13. The van der Waals surface area contributed by atoms with Crippen LogP contribution in [0.3, 0.4) is 0 Å². The standard InChI is InChI=1S/C14H16FN3OS2/c15-12-4-2-1-3-11(12)14-17-13(19-18-14)7-16-10-8-20-5-6-21-9-10/h1-4,10,16H,5-9H2. The molecule has 0 amide bonds. The number of rotatable bonds is 4. The van der Waals surface area contributed by atoms with Gasteiger partial charge in [-0.25, -0.2) is 4.39 Å². The third kappa shape index (κ3) is 3.99. The van der Waals surface area contributed by atoms with Gasteiger partial charge >= 0.3 is 0 Å². The topological polar surface area (TPSA) is 51.0 Å². The maximum absolute atomic E-state index is 13.7. The Morgan fingerprint density at radius 3 is 2.76 bits per heavy atom. The maximum atomic E-state index is 13.7. The van der Waals surface area contributed by atoms with Crippen LogP contribution in [0.25, 0.3) is 11.4 Å². The molecule has 1 aromatic carbocycles. The van der Waals surface area contributed by atoms with Gasteiger partial charge in [-0.1, -0.05) is 17.3 Å². The van der Waals surface area contributed by atoms with Gasteiger partial charge in [-0.05, 0) is 12.1 Å². The Hall–Kier alpha value is -1.05. The molecule has 1 saturated heterocycles. The Balaban J connectivity index is 1.61. The highest BCUT2D eigenvalue weighted by atomic mass is 32.2. The molecule has 0 atom stereocenters. The van der Waals surface area contributed by atoms with Gasteiger partial charge in [-0.15, -0.1) is 0 Å². The second-order valence-electron chi connectivity index (χ2n) is 4.72. The molecule has 2 aromatic rings. The summed E-state index contributed by atoms with van der Waals surface area (Å²) in [7, 11) is 0. The van der Waals surface area contributed by atoms with Crippen LogP contribution in [0.4, 0.5) is 4.39 Å². The van der Waals surface area contributed by atoms with E-state index < -0.39 is 0 Å². The third-order valence-corrected chi connectivity index (χ3v) is 5.66. The normalized spacial score (nSPS) is 16.8. The van der Waals surface area contributed by atoms with Gasteiger partial charge in [-0.3, -0.25) is 0 Å². The Bertz CT molecular complexity index is 585. The Kier molecular flexibility index (Phi) is 5.16. The van der Waals surface area contributed by atoms with Crippen LogP contribution < -0.4 is 5.32 Å². The number of aromatic nitrogens is 2. The summed E-state index contributed by atoms with van der Waals surface area (Å²) < 4.78 is 18.9. The fourth-order valence-electron chi connectivity index (χ4n) is 2.05. The number of benzene rings is 1. The molecule has 0 unspecified atom stereocenters. The van der Waals surface area contributed by atoms with E-state index in [1.54, 1.807) is 18.2 Å². The summed E-state index contributed by atoms with van der Waals surface area (Å²) in [6.45, 7) is 0.521. The Morgan fingerprint density at radius 2 is 2.00 bits per heavy atom. The maximum Gasteiger partial charge on any atom is 0.240 e. The lowest BCUT2D eigenvalue weighted by atomic mass is 10.2. The van der Waals surface area contributed by atoms with Crippen LogP contribution in [0.5, 0.6) is 0 Å². The highest BCUT2D eigenvalue weighted by molar-refractivity contribution is 8.03.